The van der Waals surface area contributed by atoms with Gasteiger partial charge < -0.3 is 4.43 Å². The average molecular weight is 250 g/mol. The second-order valence-corrected chi connectivity index (χ2v) is 9.18. The van der Waals surface area contributed by atoms with Gasteiger partial charge in [0.05, 0.1) is 0 Å². The van der Waals surface area contributed by atoms with Crippen LogP contribution in [0.1, 0.15) is 39.2 Å². The largest absolute Gasteiger partial charge is 0.543 e. The van der Waals surface area contributed by atoms with E-state index in [0.29, 0.717) is 0 Å². The highest BCUT2D eigenvalue weighted by Crippen LogP contribution is 2.29. The van der Waals surface area contributed by atoms with Crippen molar-refractivity contribution in [2.45, 2.75) is 58.7 Å². The van der Waals surface area contributed by atoms with E-state index in [1.54, 1.807) is 0 Å². The topological polar surface area (TPSA) is 9.23 Å². The van der Waals surface area contributed by atoms with Crippen LogP contribution in [-0.2, 0) is 0 Å². The Morgan fingerprint density at radius 2 is 1.59 bits per heavy atom. The predicted octanol–water partition coefficient (Wildman–Crippen LogP) is 5.16. The van der Waals surface area contributed by atoms with E-state index >= 15 is 0 Å². The second kappa shape index (κ2) is 6.85. The molecule has 0 atom stereocenters. The van der Waals surface area contributed by atoms with Crippen LogP contribution in [0.5, 0.6) is 5.75 Å². The van der Waals surface area contributed by atoms with Gasteiger partial charge >= 0.3 is 0 Å². The van der Waals surface area contributed by atoms with Gasteiger partial charge in [0.25, 0.3) is 8.32 Å². The number of hydrogen-bond donors (Lipinski definition) is 0. The first-order valence-corrected chi connectivity index (χ1v) is 9.45. The normalized spacial score (nSPS) is 11.5. The van der Waals surface area contributed by atoms with Crippen LogP contribution in [-0.4, -0.2) is 8.32 Å². The molecule has 0 amide bonds. The summed E-state index contributed by atoms with van der Waals surface area (Å²) < 4.78 is 6.50. The molecule has 96 valence electrons. The van der Waals surface area contributed by atoms with Crippen LogP contribution in [0.25, 0.3) is 0 Å². The average Bonchev–Trinajstić information content (AvgIpc) is 2.33. The molecule has 0 fully saturated rings. The van der Waals surface area contributed by atoms with Crippen molar-refractivity contribution in [3.8, 4) is 5.75 Å². The number of benzene rings is 1. The molecule has 0 spiro atoms. The molecule has 1 rings (SSSR count). The lowest BCUT2D eigenvalue weighted by molar-refractivity contribution is 0.519. The molecule has 0 N–H and O–H groups in total. The van der Waals surface area contributed by atoms with Gasteiger partial charge in [-0.05, 0) is 36.7 Å². The Hall–Kier alpha value is -0.763. The summed E-state index contributed by atoms with van der Waals surface area (Å²) in [5.41, 5.74) is 1.27. The first-order chi connectivity index (χ1) is 8.17. The first-order valence-electron chi connectivity index (χ1n) is 6.92. The second-order valence-electron chi connectivity index (χ2n) is 4.90. The number of aryl methyl sites for hydroxylation is 1. The third-order valence-electron chi connectivity index (χ3n) is 3.48. The van der Waals surface area contributed by atoms with E-state index in [4.69, 9.17) is 4.43 Å². The Bertz CT molecular complexity index is 329. The summed E-state index contributed by atoms with van der Waals surface area (Å²) >= 11 is 0. The summed E-state index contributed by atoms with van der Waals surface area (Å²) in [5, 5.41) is 0. The van der Waals surface area contributed by atoms with E-state index in [1.807, 2.05) is 0 Å². The molecule has 2 heteroatoms. The van der Waals surface area contributed by atoms with Crippen LogP contribution in [0.2, 0.25) is 18.1 Å². The lowest BCUT2D eigenvalue weighted by Gasteiger charge is -2.31. The first kappa shape index (κ1) is 14.3. The molecule has 0 aliphatic carbocycles. The highest BCUT2D eigenvalue weighted by molar-refractivity contribution is 6.74. The molecule has 0 saturated carbocycles. The molecular formula is C15H26OSi. The molecule has 1 aromatic carbocycles. The van der Waals surface area contributed by atoms with Crippen LogP contribution in [0.3, 0.4) is 0 Å². The van der Waals surface area contributed by atoms with Gasteiger partial charge in [-0.2, -0.15) is 0 Å². The van der Waals surface area contributed by atoms with Crippen molar-refractivity contribution < 1.29 is 4.43 Å². The lowest BCUT2D eigenvalue weighted by Crippen LogP contribution is -2.40. The quantitative estimate of drug-likeness (QED) is 0.607. The summed E-state index contributed by atoms with van der Waals surface area (Å²) in [6.07, 6.45) is 2.48. The third kappa shape index (κ3) is 3.88. The van der Waals surface area contributed by atoms with E-state index in [2.05, 4.69) is 52.0 Å². The molecule has 0 aliphatic heterocycles. The van der Waals surface area contributed by atoms with Gasteiger partial charge in [-0.3, -0.25) is 0 Å². The lowest BCUT2D eigenvalue weighted by atomic mass is 10.2. The maximum Gasteiger partial charge on any atom is 0.251 e. The molecule has 0 bridgehead atoms. The zero-order chi connectivity index (χ0) is 12.7. The Morgan fingerprint density at radius 3 is 2.06 bits per heavy atom. The summed E-state index contributed by atoms with van der Waals surface area (Å²) in [7, 11) is -1.54. The van der Waals surface area contributed by atoms with Crippen LogP contribution in [0.4, 0.5) is 0 Å². The van der Waals surface area contributed by atoms with Gasteiger partial charge in [0.1, 0.15) is 5.75 Å². The zero-order valence-corrected chi connectivity index (χ0v) is 12.8. The fourth-order valence-electron chi connectivity index (χ4n) is 2.47. The standard InChI is InChI=1S/C15H26OSi/c1-5-12-17(7-3,13-6-2)16-15-11-9-8-10-14(15)4/h8-11H,5-7,12-13H2,1-4H3. The van der Waals surface area contributed by atoms with E-state index in [-0.39, 0.29) is 0 Å². The van der Waals surface area contributed by atoms with Crippen LogP contribution >= 0.6 is 0 Å². The van der Waals surface area contributed by atoms with Crippen molar-refractivity contribution in [2.75, 3.05) is 0 Å². The van der Waals surface area contributed by atoms with Gasteiger partial charge in [0, 0.05) is 0 Å². The highest BCUT2D eigenvalue weighted by atomic mass is 28.4. The van der Waals surface area contributed by atoms with Crippen molar-refractivity contribution in [2.24, 2.45) is 0 Å². The molecule has 17 heavy (non-hydrogen) atoms. The van der Waals surface area contributed by atoms with Gasteiger partial charge in [-0.1, -0.05) is 51.8 Å². The predicted molar refractivity (Wildman–Crippen MR) is 78.2 cm³/mol. The van der Waals surface area contributed by atoms with Gasteiger partial charge in [0.15, 0.2) is 0 Å². The zero-order valence-electron chi connectivity index (χ0n) is 11.8. The fourth-order valence-corrected chi connectivity index (χ4v) is 6.29. The highest BCUT2D eigenvalue weighted by Gasteiger charge is 2.33. The Labute approximate surface area is 107 Å². The van der Waals surface area contributed by atoms with E-state index in [0.717, 1.165) is 5.75 Å². The van der Waals surface area contributed by atoms with E-state index in [1.165, 1.54) is 36.5 Å². The Morgan fingerprint density at radius 1 is 1.00 bits per heavy atom. The maximum atomic E-state index is 6.50. The Balaban J connectivity index is 2.88. The molecule has 0 saturated heterocycles. The van der Waals surface area contributed by atoms with Crippen LogP contribution < -0.4 is 4.43 Å². The van der Waals surface area contributed by atoms with Crippen molar-refractivity contribution in [3.63, 3.8) is 0 Å². The van der Waals surface area contributed by atoms with Crippen molar-refractivity contribution in [1.29, 1.82) is 0 Å². The summed E-state index contributed by atoms with van der Waals surface area (Å²) in [5.74, 6) is 1.11. The van der Waals surface area contributed by atoms with Gasteiger partial charge in [-0.25, -0.2) is 0 Å². The molecule has 1 aromatic rings. The van der Waals surface area contributed by atoms with Crippen molar-refractivity contribution in [3.05, 3.63) is 29.8 Å². The number of hydrogen-bond acceptors (Lipinski definition) is 1. The Kier molecular flexibility index (Phi) is 5.76. The fraction of sp³-hybridized carbons (Fsp3) is 0.600. The van der Waals surface area contributed by atoms with Crippen LogP contribution in [0.15, 0.2) is 24.3 Å². The monoisotopic (exact) mass is 250 g/mol. The van der Waals surface area contributed by atoms with Crippen molar-refractivity contribution >= 4 is 8.32 Å². The minimum Gasteiger partial charge on any atom is -0.543 e. The SMILES string of the molecule is CCC[Si](CC)(CCC)Oc1ccccc1C. The minimum absolute atomic E-state index is 1.11. The smallest absolute Gasteiger partial charge is 0.251 e. The van der Waals surface area contributed by atoms with E-state index < -0.39 is 8.32 Å². The molecular weight excluding hydrogens is 224 g/mol. The number of para-hydroxylation sites is 1. The minimum atomic E-state index is -1.54. The summed E-state index contributed by atoms with van der Waals surface area (Å²) in [6.45, 7) is 8.99. The molecule has 1 nitrogen and oxygen atoms in total. The molecule has 0 aromatic heterocycles. The summed E-state index contributed by atoms with van der Waals surface area (Å²) in [6, 6.07) is 12.2. The third-order valence-corrected chi connectivity index (χ3v) is 8.24. The molecule has 0 aliphatic rings. The van der Waals surface area contributed by atoms with Gasteiger partial charge in [-0.15, -0.1) is 0 Å². The number of rotatable bonds is 7. The molecule has 0 unspecified atom stereocenters. The summed E-state index contributed by atoms with van der Waals surface area (Å²) in [4.78, 5) is 0. The van der Waals surface area contributed by atoms with Crippen molar-refractivity contribution in [1.82, 2.24) is 0 Å². The molecule has 0 radical (unpaired) electrons. The maximum absolute atomic E-state index is 6.50. The molecule has 0 heterocycles. The van der Waals surface area contributed by atoms with Crippen LogP contribution in [0, 0.1) is 6.92 Å². The van der Waals surface area contributed by atoms with Gasteiger partial charge in [0.2, 0.25) is 0 Å². The van der Waals surface area contributed by atoms with E-state index in [9.17, 15) is 0 Å².